The first-order chi connectivity index (χ1) is 14.0. The van der Waals surface area contributed by atoms with Gasteiger partial charge in [0.1, 0.15) is 11.8 Å². The van der Waals surface area contributed by atoms with Gasteiger partial charge in [-0.1, -0.05) is 11.2 Å². The molecule has 0 amide bonds. The van der Waals surface area contributed by atoms with Crippen LogP contribution in [0.5, 0.6) is 11.5 Å². The number of rotatable bonds is 4. The molecule has 4 heterocycles. The van der Waals surface area contributed by atoms with Crippen molar-refractivity contribution in [2.24, 2.45) is 5.16 Å². The Hall–Kier alpha value is -2.79. The van der Waals surface area contributed by atoms with Crippen molar-refractivity contribution in [3.63, 3.8) is 0 Å². The summed E-state index contributed by atoms with van der Waals surface area (Å²) < 4.78 is 29.0. The Bertz CT molecular complexity index is 910. The Labute approximate surface area is 166 Å². The minimum absolute atomic E-state index is 0.223. The maximum atomic E-state index is 10.9. The number of pyridine rings is 2. The standard InChI is InChI=1S/C19H21N3O7/c1-10-15(25-2)17(23)19(26-3)18(27-10)28-16-13(29-19)8-11(9-21-24)22-14(16)12-6-4-5-7-20-12/h4-10,15,17-18,23-24H,1-3H3. The Morgan fingerprint density at radius 2 is 2.14 bits per heavy atom. The van der Waals surface area contributed by atoms with E-state index in [1.165, 1.54) is 20.3 Å². The number of aromatic nitrogens is 2. The Morgan fingerprint density at radius 1 is 1.31 bits per heavy atom. The van der Waals surface area contributed by atoms with Gasteiger partial charge in [0.25, 0.3) is 6.29 Å². The van der Waals surface area contributed by atoms with Crippen LogP contribution < -0.4 is 9.47 Å². The summed E-state index contributed by atoms with van der Waals surface area (Å²) in [7, 11) is 2.85. The number of ether oxygens (including phenoxy) is 5. The first kappa shape index (κ1) is 19.5. The van der Waals surface area contributed by atoms with Crippen LogP contribution in [0.2, 0.25) is 0 Å². The highest BCUT2D eigenvalue weighted by molar-refractivity contribution is 5.81. The van der Waals surface area contributed by atoms with Crippen LogP contribution >= 0.6 is 0 Å². The first-order valence-electron chi connectivity index (χ1n) is 8.95. The van der Waals surface area contributed by atoms with Gasteiger partial charge in [-0.05, 0) is 19.1 Å². The fourth-order valence-corrected chi connectivity index (χ4v) is 3.59. The minimum Gasteiger partial charge on any atom is -0.451 e. The van der Waals surface area contributed by atoms with Gasteiger partial charge < -0.3 is 34.0 Å². The maximum absolute atomic E-state index is 10.9. The van der Waals surface area contributed by atoms with E-state index >= 15 is 0 Å². The lowest BCUT2D eigenvalue weighted by molar-refractivity contribution is -0.391. The summed E-state index contributed by atoms with van der Waals surface area (Å²) in [4.78, 5) is 8.75. The zero-order chi connectivity index (χ0) is 20.6. The third-order valence-electron chi connectivity index (χ3n) is 4.99. The second-order valence-electron chi connectivity index (χ2n) is 6.65. The number of oxime groups is 1. The fourth-order valence-electron chi connectivity index (χ4n) is 3.59. The lowest BCUT2D eigenvalue weighted by atomic mass is 9.95. The third kappa shape index (κ3) is 3.10. The summed E-state index contributed by atoms with van der Waals surface area (Å²) >= 11 is 0. The minimum atomic E-state index is -1.67. The van der Waals surface area contributed by atoms with Gasteiger partial charge in [-0.2, -0.15) is 0 Å². The molecule has 0 aliphatic carbocycles. The molecule has 0 bridgehead atoms. The topological polar surface area (TPSA) is 125 Å². The molecule has 5 atom stereocenters. The molecule has 1 fully saturated rings. The summed E-state index contributed by atoms with van der Waals surface area (Å²) in [6.45, 7) is 1.76. The highest BCUT2D eigenvalue weighted by atomic mass is 16.8. The summed E-state index contributed by atoms with van der Waals surface area (Å²) in [5, 5.41) is 22.9. The van der Waals surface area contributed by atoms with Crippen molar-refractivity contribution in [2.75, 3.05) is 14.2 Å². The SMILES string of the molecule is COC1C(C)OC2Oc3c(cc(C=NO)nc3-c3ccccn3)OC2(OC)C1O. The van der Waals surface area contributed by atoms with Crippen LogP contribution in [-0.4, -0.2) is 71.1 Å². The van der Waals surface area contributed by atoms with Crippen LogP contribution in [0.25, 0.3) is 11.4 Å². The van der Waals surface area contributed by atoms with E-state index in [9.17, 15) is 5.11 Å². The summed E-state index contributed by atoms with van der Waals surface area (Å²) in [5.74, 6) is -1.18. The van der Waals surface area contributed by atoms with Gasteiger partial charge in [0.2, 0.25) is 0 Å². The van der Waals surface area contributed by atoms with E-state index in [2.05, 4.69) is 15.1 Å². The average molecular weight is 403 g/mol. The molecule has 10 heteroatoms. The van der Waals surface area contributed by atoms with Crippen molar-refractivity contribution in [1.29, 1.82) is 0 Å². The molecule has 154 valence electrons. The van der Waals surface area contributed by atoms with E-state index in [4.69, 9.17) is 28.9 Å². The molecule has 0 aromatic carbocycles. The smallest absolute Gasteiger partial charge is 0.302 e. The second-order valence-corrected chi connectivity index (χ2v) is 6.65. The highest BCUT2D eigenvalue weighted by Gasteiger charge is 2.62. The van der Waals surface area contributed by atoms with E-state index in [-0.39, 0.29) is 11.5 Å². The van der Waals surface area contributed by atoms with Gasteiger partial charge in [0.05, 0.1) is 23.7 Å². The zero-order valence-corrected chi connectivity index (χ0v) is 16.1. The Morgan fingerprint density at radius 3 is 2.79 bits per heavy atom. The maximum Gasteiger partial charge on any atom is 0.302 e. The Kier molecular flexibility index (Phi) is 5.09. The van der Waals surface area contributed by atoms with Crippen LogP contribution in [0.15, 0.2) is 35.6 Å². The molecule has 2 aliphatic rings. The number of nitrogens with zero attached hydrogens (tertiary/aromatic N) is 3. The van der Waals surface area contributed by atoms with Crippen LogP contribution in [0.3, 0.4) is 0 Å². The molecule has 1 saturated heterocycles. The van der Waals surface area contributed by atoms with Crippen LogP contribution in [0, 0.1) is 0 Å². The first-order valence-corrected chi connectivity index (χ1v) is 8.95. The van der Waals surface area contributed by atoms with Crippen molar-refractivity contribution in [3.05, 3.63) is 36.2 Å². The van der Waals surface area contributed by atoms with E-state index in [0.29, 0.717) is 17.1 Å². The molecule has 2 aliphatic heterocycles. The average Bonchev–Trinajstić information content (AvgIpc) is 2.73. The fraction of sp³-hybridized carbons (Fsp3) is 0.421. The molecule has 0 spiro atoms. The highest BCUT2D eigenvalue weighted by Crippen LogP contribution is 2.48. The van der Waals surface area contributed by atoms with Crippen LogP contribution in [0.4, 0.5) is 0 Å². The van der Waals surface area contributed by atoms with Crippen LogP contribution in [-0.2, 0) is 14.2 Å². The number of methoxy groups -OCH3 is 2. The van der Waals surface area contributed by atoms with Crippen molar-refractivity contribution in [2.45, 2.75) is 37.3 Å². The quantitative estimate of drug-likeness (QED) is 0.440. The van der Waals surface area contributed by atoms with Crippen molar-refractivity contribution < 1.29 is 34.0 Å². The summed E-state index contributed by atoms with van der Waals surface area (Å²) in [6, 6.07) is 6.84. The van der Waals surface area contributed by atoms with Gasteiger partial charge in [0.15, 0.2) is 17.6 Å². The summed E-state index contributed by atoms with van der Waals surface area (Å²) in [5.41, 5.74) is 1.18. The lowest BCUT2D eigenvalue weighted by Crippen LogP contribution is -2.71. The molecule has 4 rings (SSSR count). The predicted octanol–water partition coefficient (Wildman–Crippen LogP) is 1.19. The van der Waals surface area contributed by atoms with Gasteiger partial charge >= 0.3 is 5.79 Å². The molecule has 2 aromatic rings. The molecule has 0 saturated carbocycles. The van der Waals surface area contributed by atoms with Gasteiger partial charge in [0, 0.05) is 26.5 Å². The van der Waals surface area contributed by atoms with E-state index in [1.807, 2.05) is 0 Å². The molecular weight excluding hydrogens is 382 g/mol. The Balaban J connectivity index is 1.86. The molecule has 5 unspecified atom stereocenters. The molecule has 10 nitrogen and oxygen atoms in total. The number of fused-ring (bicyclic) bond motifs is 2. The summed E-state index contributed by atoms with van der Waals surface area (Å²) in [6.07, 6.45) is -0.716. The largest absolute Gasteiger partial charge is 0.451 e. The predicted molar refractivity (Wildman–Crippen MR) is 99.0 cm³/mol. The van der Waals surface area contributed by atoms with E-state index in [1.54, 1.807) is 31.3 Å². The van der Waals surface area contributed by atoms with Crippen LogP contribution in [0.1, 0.15) is 12.6 Å². The molecule has 2 aromatic heterocycles. The van der Waals surface area contributed by atoms with Crippen molar-refractivity contribution in [3.8, 4) is 22.9 Å². The third-order valence-corrected chi connectivity index (χ3v) is 4.99. The van der Waals surface area contributed by atoms with Gasteiger partial charge in [-0.3, -0.25) is 4.98 Å². The number of hydrogen-bond acceptors (Lipinski definition) is 10. The van der Waals surface area contributed by atoms with Gasteiger partial charge in [-0.15, -0.1) is 0 Å². The molecule has 29 heavy (non-hydrogen) atoms. The molecular formula is C19H21N3O7. The lowest BCUT2D eigenvalue weighted by Gasteiger charge is -2.51. The number of aliphatic hydroxyl groups is 1. The van der Waals surface area contributed by atoms with Gasteiger partial charge in [-0.25, -0.2) is 4.98 Å². The van der Waals surface area contributed by atoms with Crippen molar-refractivity contribution >= 4 is 6.21 Å². The monoisotopic (exact) mass is 403 g/mol. The molecule has 0 radical (unpaired) electrons. The van der Waals surface area contributed by atoms with E-state index in [0.717, 1.165) is 6.21 Å². The number of aliphatic hydroxyl groups excluding tert-OH is 1. The molecule has 2 N–H and O–H groups in total. The normalized spacial score (nSPS) is 30.9. The van der Waals surface area contributed by atoms with E-state index < -0.39 is 30.4 Å². The number of hydrogen-bond donors (Lipinski definition) is 2. The zero-order valence-electron chi connectivity index (χ0n) is 16.1. The van der Waals surface area contributed by atoms with Crippen molar-refractivity contribution in [1.82, 2.24) is 9.97 Å². The second kappa shape index (κ2) is 7.56.